The number of nitrogens with zero attached hydrogens (tertiary/aromatic N) is 1. The molecule has 8 radical (unpaired) electrons. The number of halogens is 1. The van der Waals surface area contributed by atoms with E-state index in [2.05, 4.69) is 51.9 Å². The van der Waals surface area contributed by atoms with E-state index >= 15 is 0 Å². The van der Waals surface area contributed by atoms with Crippen molar-refractivity contribution in [3.05, 3.63) is 36.8 Å². The molecule has 1 aromatic rings. The van der Waals surface area contributed by atoms with Crippen LogP contribution in [0.25, 0.3) is 0 Å². The number of rotatable bonds is 3. The van der Waals surface area contributed by atoms with Gasteiger partial charge in [0.25, 0.3) is 0 Å². The first-order chi connectivity index (χ1) is 8.64. The number of hydrogen-bond donors (Lipinski definition) is 0. The van der Waals surface area contributed by atoms with Crippen LogP contribution >= 0.6 is 22.9 Å². The Balaban J connectivity index is -0.0000000796. The van der Waals surface area contributed by atoms with Gasteiger partial charge in [0.15, 0.2) is 4.47 Å². The number of unbranched alkanes of at least 4 members (excludes halogenated alkanes) is 3. The Kier molecular flexibility index (Phi) is 46.0. The molecule has 0 N–H and O–H groups in total. The molecule has 0 amide bonds. The third kappa shape index (κ3) is 45.5. The van der Waals surface area contributed by atoms with Gasteiger partial charge in [-0.05, 0) is 0 Å². The van der Waals surface area contributed by atoms with Crippen molar-refractivity contribution in [1.82, 2.24) is 4.98 Å². The Bertz CT molecular complexity index is 179. The van der Waals surface area contributed by atoms with Crippen LogP contribution in [0.1, 0.15) is 59.3 Å². The van der Waals surface area contributed by atoms with E-state index in [0.717, 1.165) is 19.3 Å². The molecule has 0 unspecified atom stereocenters. The second-order valence-corrected chi connectivity index (χ2v) is 4.70. The first kappa shape index (κ1) is 28.0. The Hall–Kier alpha value is 0.719. The summed E-state index contributed by atoms with van der Waals surface area (Å²) in [5.41, 5.74) is 0. The predicted molar refractivity (Wildman–Crippen MR) is 92.5 cm³/mol. The van der Waals surface area contributed by atoms with Crippen LogP contribution in [0.15, 0.2) is 6.20 Å². The molecule has 1 heterocycles. The van der Waals surface area contributed by atoms with Crippen molar-refractivity contribution in [2.24, 2.45) is 0 Å². The molecule has 0 saturated heterocycles. The van der Waals surface area contributed by atoms with Crippen molar-refractivity contribution in [2.45, 2.75) is 59.3 Å². The minimum absolute atomic E-state index is 0. The van der Waals surface area contributed by atoms with Gasteiger partial charge in [-0.25, -0.2) is 4.98 Å². The molecule has 0 aliphatic carbocycles. The number of thiazole rings is 1. The van der Waals surface area contributed by atoms with Crippen molar-refractivity contribution in [2.75, 3.05) is 0 Å². The summed E-state index contributed by atoms with van der Waals surface area (Å²) in [7, 11) is 0. The van der Waals surface area contributed by atoms with Gasteiger partial charge in [0.2, 0.25) is 0 Å². The Morgan fingerprint density at radius 2 is 1.37 bits per heavy atom. The molecule has 1 nitrogen and oxygen atoms in total. The van der Waals surface area contributed by atoms with Gasteiger partial charge in [-0.3, -0.25) is 0 Å². The van der Waals surface area contributed by atoms with Crippen LogP contribution < -0.4 is 0 Å². The van der Waals surface area contributed by atoms with Crippen molar-refractivity contribution in [3.8, 4) is 0 Å². The molecule has 0 bridgehead atoms. The summed E-state index contributed by atoms with van der Waals surface area (Å²) in [6.07, 6.45) is 8.38. The standard InChI is InChI=1S/3C4H9.C3HClNS.Sn/c3*1-3-4-2;4-3-5-1-2-6-3;/h3*1,3-4H2,2H3;1H;. The van der Waals surface area contributed by atoms with Crippen LogP contribution in [0, 0.1) is 26.2 Å². The van der Waals surface area contributed by atoms with Gasteiger partial charge in [0.05, 0.1) is 5.38 Å². The Morgan fingerprint density at radius 1 is 1.05 bits per heavy atom. The maximum atomic E-state index is 5.33. The molecule has 1 rings (SSSR count). The van der Waals surface area contributed by atoms with E-state index in [-0.39, 0.29) is 23.9 Å². The zero-order chi connectivity index (χ0) is 14.6. The molecule has 0 aliphatic heterocycles. The van der Waals surface area contributed by atoms with Crippen LogP contribution in [-0.2, 0) is 0 Å². The molecule has 110 valence electrons. The van der Waals surface area contributed by atoms with Crippen molar-refractivity contribution in [1.29, 1.82) is 0 Å². The van der Waals surface area contributed by atoms with Crippen LogP contribution in [0.5, 0.6) is 0 Å². The zero-order valence-electron chi connectivity index (χ0n) is 12.7. The average Bonchev–Trinajstić information content (AvgIpc) is 2.90. The van der Waals surface area contributed by atoms with E-state index in [0.29, 0.717) is 4.47 Å². The van der Waals surface area contributed by atoms with Crippen molar-refractivity contribution >= 4 is 46.8 Å². The predicted octanol–water partition coefficient (Wildman–Crippen LogP) is 6.08. The molecule has 0 aliphatic rings. The quantitative estimate of drug-likeness (QED) is 0.553. The van der Waals surface area contributed by atoms with Gasteiger partial charge in [-0.1, -0.05) is 91.7 Å². The van der Waals surface area contributed by atoms with Crippen LogP contribution in [0.4, 0.5) is 0 Å². The fourth-order valence-electron chi connectivity index (χ4n) is 0.178. The van der Waals surface area contributed by atoms with Crippen LogP contribution in [0.3, 0.4) is 0 Å². The summed E-state index contributed by atoms with van der Waals surface area (Å²) >= 11 is 6.64. The molecule has 0 aromatic carbocycles. The zero-order valence-corrected chi connectivity index (χ0v) is 17.1. The summed E-state index contributed by atoms with van der Waals surface area (Å²) in [6, 6.07) is 0. The molecule has 0 spiro atoms. The van der Waals surface area contributed by atoms with Crippen molar-refractivity contribution in [3.63, 3.8) is 0 Å². The molecule has 19 heavy (non-hydrogen) atoms. The summed E-state index contributed by atoms with van der Waals surface area (Å²) in [4.78, 5) is 3.65. The average molecular weight is 409 g/mol. The Labute approximate surface area is 147 Å². The molecule has 0 saturated carbocycles. The van der Waals surface area contributed by atoms with E-state index in [1.165, 1.54) is 30.6 Å². The van der Waals surface area contributed by atoms with Gasteiger partial charge < -0.3 is 0 Å². The molecule has 0 fully saturated rings. The van der Waals surface area contributed by atoms with E-state index in [4.69, 9.17) is 11.6 Å². The fraction of sp³-hybridized carbons (Fsp3) is 0.600. The number of aromatic nitrogens is 1. The summed E-state index contributed by atoms with van der Waals surface area (Å²) < 4.78 is 0.551. The normalized spacial score (nSPS) is 7.53. The Morgan fingerprint density at radius 3 is 1.42 bits per heavy atom. The number of hydrogen-bond acceptors (Lipinski definition) is 2. The molecular formula is C15H28ClNSSn. The van der Waals surface area contributed by atoms with E-state index in [1.807, 2.05) is 0 Å². The van der Waals surface area contributed by atoms with Gasteiger partial charge >= 0.3 is 0 Å². The monoisotopic (exact) mass is 409 g/mol. The minimum atomic E-state index is 0. The van der Waals surface area contributed by atoms with Gasteiger partial charge in [0.1, 0.15) is 0 Å². The fourth-order valence-corrected chi connectivity index (χ4v) is 0.669. The first-order valence-corrected chi connectivity index (χ1v) is 7.68. The summed E-state index contributed by atoms with van der Waals surface area (Å²) in [5, 5.41) is 2.73. The first-order valence-electron chi connectivity index (χ1n) is 6.49. The third-order valence-corrected chi connectivity index (χ3v) is 2.25. The minimum Gasteiger partial charge on any atom is -0.233 e. The smallest absolute Gasteiger partial charge is 0.184 e. The van der Waals surface area contributed by atoms with E-state index in [9.17, 15) is 0 Å². The van der Waals surface area contributed by atoms with Gasteiger partial charge in [0, 0.05) is 30.1 Å². The molecule has 4 heteroatoms. The molecular weight excluding hydrogens is 380 g/mol. The van der Waals surface area contributed by atoms with Crippen LogP contribution in [0.2, 0.25) is 4.47 Å². The molecule has 1 aromatic heterocycles. The van der Waals surface area contributed by atoms with E-state index in [1.54, 1.807) is 6.20 Å². The SMILES string of the molecule is Clc1nc[c]s1.[CH2]CCC.[CH2]CCC.[CH2]CCC.[Sn]. The summed E-state index contributed by atoms with van der Waals surface area (Å²) in [6.45, 7) is 17.2. The molecule has 0 atom stereocenters. The third-order valence-electron chi connectivity index (χ3n) is 1.42. The van der Waals surface area contributed by atoms with Crippen molar-refractivity contribution < 1.29 is 0 Å². The van der Waals surface area contributed by atoms with Gasteiger partial charge in [-0.15, -0.1) is 11.3 Å². The van der Waals surface area contributed by atoms with Gasteiger partial charge in [-0.2, -0.15) is 0 Å². The summed E-state index contributed by atoms with van der Waals surface area (Å²) in [5.74, 6) is 0. The van der Waals surface area contributed by atoms with E-state index < -0.39 is 0 Å². The van der Waals surface area contributed by atoms with Crippen LogP contribution in [-0.4, -0.2) is 28.9 Å². The topological polar surface area (TPSA) is 12.9 Å². The largest absolute Gasteiger partial charge is 0.233 e. The maximum absolute atomic E-state index is 5.33. The maximum Gasteiger partial charge on any atom is 0.184 e. The second kappa shape index (κ2) is 31.2. The second-order valence-electron chi connectivity index (χ2n) is 3.29.